The fourth-order valence-electron chi connectivity index (χ4n) is 3.80. The molecule has 2 aliphatic rings. The zero-order valence-corrected chi connectivity index (χ0v) is 14.1. The van der Waals surface area contributed by atoms with Crippen LogP contribution in [0.3, 0.4) is 0 Å². The molecule has 24 heavy (non-hydrogen) atoms. The maximum atomic E-state index is 13.8. The molecule has 2 heterocycles. The number of nitrogens with one attached hydrogen (secondary N) is 1. The average Bonchev–Trinajstić information content (AvgIpc) is 2.93. The zero-order valence-electron chi connectivity index (χ0n) is 14.1. The lowest BCUT2D eigenvalue weighted by Crippen LogP contribution is -2.64. The van der Waals surface area contributed by atoms with Crippen LogP contribution >= 0.6 is 0 Å². The highest BCUT2D eigenvalue weighted by Crippen LogP contribution is 2.42. The number of halogens is 1. The van der Waals surface area contributed by atoms with Gasteiger partial charge in [-0.2, -0.15) is 0 Å². The minimum atomic E-state index is -0.150. The Morgan fingerprint density at radius 2 is 2.25 bits per heavy atom. The predicted molar refractivity (Wildman–Crippen MR) is 88.0 cm³/mol. The van der Waals surface area contributed by atoms with Gasteiger partial charge in [0.2, 0.25) is 5.91 Å². The Morgan fingerprint density at radius 3 is 3.00 bits per heavy atom. The molecule has 0 aliphatic carbocycles. The normalized spacial score (nSPS) is 22.5. The summed E-state index contributed by atoms with van der Waals surface area (Å²) in [7, 11) is 1.51. The van der Waals surface area contributed by atoms with Gasteiger partial charge in [0.05, 0.1) is 5.60 Å². The second kappa shape index (κ2) is 7.59. The van der Waals surface area contributed by atoms with Crippen molar-refractivity contribution in [3.63, 3.8) is 0 Å². The summed E-state index contributed by atoms with van der Waals surface area (Å²) < 4.78 is 24.6. The van der Waals surface area contributed by atoms with Crippen LogP contribution in [0.2, 0.25) is 0 Å². The molecule has 3 rings (SSSR count). The molecule has 0 aromatic heterocycles. The van der Waals surface area contributed by atoms with E-state index >= 15 is 0 Å². The molecule has 2 aliphatic heterocycles. The summed E-state index contributed by atoms with van der Waals surface area (Å²) in [6, 6.07) is 6.91. The molecule has 2 fully saturated rings. The second-order valence-corrected chi connectivity index (χ2v) is 6.71. The van der Waals surface area contributed by atoms with E-state index in [2.05, 4.69) is 10.2 Å². The number of benzene rings is 1. The Morgan fingerprint density at radius 1 is 1.46 bits per heavy atom. The summed E-state index contributed by atoms with van der Waals surface area (Å²) in [4.78, 5) is 13.7. The van der Waals surface area contributed by atoms with Crippen molar-refractivity contribution in [2.24, 2.45) is 5.92 Å². The van der Waals surface area contributed by atoms with Gasteiger partial charge in [-0.15, -0.1) is 0 Å². The highest BCUT2D eigenvalue weighted by Gasteiger charge is 2.52. The number of likely N-dealkylation sites (tertiary alicyclic amines) is 1. The van der Waals surface area contributed by atoms with Crippen LogP contribution in [0.5, 0.6) is 0 Å². The van der Waals surface area contributed by atoms with Crippen LogP contribution in [0, 0.1) is 11.7 Å². The molecular weight excluding hydrogens is 311 g/mol. The highest BCUT2D eigenvalue weighted by atomic mass is 19.1. The first kappa shape index (κ1) is 17.3. The van der Waals surface area contributed by atoms with E-state index in [4.69, 9.17) is 9.47 Å². The van der Waals surface area contributed by atoms with Gasteiger partial charge in [0.25, 0.3) is 0 Å². The molecule has 132 valence electrons. The third-order valence-corrected chi connectivity index (χ3v) is 5.02. The van der Waals surface area contributed by atoms with Crippen LogP contribution < -0.4 is 5.32 Å². The van der Waals surface area contributed by atoms with Gasteiger partial charge >= 0.3 is 0 Å². The number of methoxy groups -OCH3 is 1. The van der Waals surface area contributed by atoms with Crippen molar-refractivity contribution in [1.29, 1.82) is 0 Å². The molecule has 5 nitrogen and oxygen atoms in total. The minimum Gasteiger partial charge on any atom is -0.375 e. The maximum Gasteiger partial charge on any atom is 0.245 e. The molecule has 1 spiro atoms. The monoisotopic (exact) mass is 336 g/mol. The number of carbonyl (C=O) groups excluding carboxylic acids is 1. The summed E-state index contributed by atoms with van der Waals surface area (Å²) in [5, 5.41) is 2.87. The van der Waals surface area contributed by atoms with Crippen molar-refractivity contribution in [2.75, 3.05) is 40.0 Å². The van der Waals surface area contributed by atoms with Crippen molar-refractivity contribution in [2.45, 2.75) is 25.0 Å². The van der Waals surface area contributed by atoms with Gasteiger partial charge < -0.3 is 14.8 Å². The van der Waals surface area contributed by atoms with Crippen molar-refractivity contribution in [3.05, 3.63) is 35.6 Å². The number of nitrogens with zero attached hydrogens (tertiary/aromatic N) is 1. The Labute approximate surface area is 142 Å². The fourth-order valence-corrected chi connectivity index (χ4v) is 3.80. The summed E-state index contributed by atoms with van der Waals surface area (Å²) in [6.45, 7) is 3.79. The van der Waals surface area contributed by atoms with Crippen LogP contribution in [0.25, 0.3) is 0 Å². The lowest BCUT2D eigenvalue weighted by Gasteiger charge is -2.50. The Kier molecular flexibility index (Phi) is 5.48. The molecule has 1 aromatic carbocycles. The van der Waals surface area contributed by atoms with Crippen LogP contribution in [0.1, 0.15) is 18.4 Å². The summed E-state index contributed by atoms with van der Waals surface area (Å²) in [6.07, 6.45) is 1.93. The van der Waals surface area contributed by atoms with E-state index in [9.17, 15) is 9.18 Å². The van der Waals surface area contributed by atoms with Gasteiger partial charge in [-0.3, -0.25) is 9.69 Å². The predicted octanol–water partition coefficient (Wildman–Crippen LogP) is 1.57. The Bertz CT molecular complexity index is 575. The molecule has 1 atom stereocenters. The largest absolute Gasteiger partial charge is 0.375 e. The van der Waals surface area contributed by atoms with E-state index in [0.29, 0.717) is 19.0 Å². The van der Waals surface area contributed by atoms with Crippen molar-refractivity contribution >= 4 is 5.91 Å². The standard InChI is InChI=1S/C18H25FN2O3/c1-23-11-17(22)20-8-6-15-7-9-24-18(15)12-21(13-18)10-14-4-2-3-5-16(14)19/h2-5,15H,6-13H2,1H3,(H,20,22)/t15-/m1/s1. The van der Waals surface area contributed by atoms with E-state index in [1.54, 1.807) is 6.07 Å². The van der Waals surface area contributed by atoms with E-state index in [1.807, 2.05) is 12.1 Å². The zero-order chi connectivity index (χ0) is 17.0. The number of carbonyl (C=O) groups is 1. The maximum absolute atomic E-state index is 13.8. The average molecular weight is 336 g/mol. The van der Waals surface area contributed by atoms with Crippen molar-refractivity contribution in [1.82, 2.24) is 10.2 Å². The first-order valence-electron chi connectivity index (χ1n) is 8.48. The molecular formula is C18H25FN2O3. The van der Waals surface area contributed by atoms with Crippen molar-refractivity contribution < 1.29 is 18.7 Å². The molecule has 1 N–H and O–H groups in total. The molecule has 6 heteroatoms. The third kappa shape index (κ3) is 3.77. The smallest absolute Gasteiger partial charge is 0.245 e. The lowest BCUT2D eigenvalue weighted by atomic mass is 9.78. The topological polar surface area (TPSA) is 50.8 Å². The summed E-state index contributed by atoms with van der Waals surface area (Å²) in [5.41, 5.74) is 0.616. The lowest BCUT2D eigenvalue weighted by molar-refractivity contribution is -0.137. The first-order valence-corrected chi connectivity index (χ1v) is 8.48. The van der Waals surface area contributed by atoms with Crippen LogP contribution in [0.4, 0.5) is 4.39 Å². The van der Waals surface area contributed by atoms with Gasteiger partial charge in [-0.25, -0.2) is 4.39 Å². The number of amides is 1. The summed E-state index contributed by atoms with van der Waals surface area (Å²) >= 11 is 0. The van der Waals surface area contributed by atoms with Crippen molar-refractivity contribution in [3.8, 4) is 0 Å². The SMILES string of the molecule is COCC(=O)NCC[C@@H]1CCOC12CN(Cc1ccccc1F)C2. The highest BCUT2D eigenvalue weighted by molar-refractivity contribution is 5.77. The second-order valence-electron chi connectivity index (χ2n) is 6.71. The molecule has 2 saturated heterocycles. The van der Waals surface area contributed by atoms with Gasteiger partial charge in [0.1, 0.15) is 12.4 Å². The van der Waals surface area contributed by atoms with E-state index in [1.165, 1.54) is 13.2 Å². The van der Waals surface area contributed by atoms with Gasteiger partial charge in [0, 0.05) is 45.5 Å². The number of hydrogen-bond acceptors (Lipinski definition) is 4. The van der Waals surface area contributed by atoms with Crippen LogP contribution in [-0.2, 0) is 20.8 Å². The molecule has 0 radical (unpaired) electrons. The molecule has 1 aromatic rings. The third-order valence-electron chi connectivity index (χ3n) is 5.02. The molecule has 1 amide bonds. The fraction of sp³-hybridized carbons (Fsp3) is 0.611. The van der Waals surface area contributed by atoms with Gasteiger partial charge in [-0.05, 0) is 24.8 Å². The Hall–Kier alpha value is -1.50. The molecule has 0 saturated carbocycles. The Balaban J connectivity index is 1.46. The molecule has 0 bridgehead atoms. The van der Waals surface area contributed by atoms with Gasteiger partial charge in [0.15, 0.2) is 0 Å². The number of ether oxygens (including phenoxy) is 2. The van der Waals surface area contributed by atoms with Crippen LogP contribution in [0.15, 0.2) is 24.3 Å². The first-order chi connectivity index (χ1) is 11.6. The molecule has 0 unspecified atom stereocenters. The number of rotatable bonds is 7. The minimum absolute atomic E-state index is 0.0831. The quantitative estimate of drug-likeness (QED) is 0.821. The van der Waals surface area contributed by atoms with Gasteiger partial charge in [-0.1, -0.05) is 18.2 Å². The van der Waals surface area contributed by atoms with E-state index in [-0.39, 0.29) is 23.9 Å². The van der Waals surface area contributed by atoms with Crippen LogP contribution in [-0.4, -0.2) is 56.4 Å². The van der Waals surface area contributed by atoms with E-state index in [0.717, 1.165) is 38.1 Å². The van der Waals surface area contributed by atoms with E-state index < -0.39 is 0 Å². The summed E-state index contributed by atoms with van der Waals surface area (Å²) in [5.74, 6) is 0.209. The number of hydrogen-bond donors (Lipinski definition) is 1.